The number of hydrogen-bond donors (Lipinski definition) is 1. The van der Waals surface area contributed by atoms with Gasteiger partial charge in [-0.2, -0.15) is 13.2 Å². The van der Waals surface area contributed by atoms with Gasteiger partial charge >= 0.3 is 6.18 Å². The van der Waals surface area contributed by atoms with Gasteiger partial charge in [-0.15, -0.1) is 0 Å². The van der Waals surface area contributed by atoms with Gasteiger partial charge in [0.1, 0.15) is 0 Å². The zero-order valence-corrected chi connectivity index (χ0v) is 12.6. The van der Waals surface area contributed by atoms with Gasteiger partial charge in [0.05, 0.1) is 15.7 Å². The van der Waals surface area contributed by atoms with Gasteiger partial charge in [0.25, 0.3) is 0 Å². The molecule has 4 nitrogen and oxygen atoms in total. The summed E-state index contributed by atoms with van der Waals surface area (Å²) in [5.74, 6) is -1.17. The van der Waals surface area contributed by atoms with E-state index in [1.54, 1.807) is 0 Å². The Hall–Kier alpha value is -1.02. The molecule has 8 heteroatoms. The molecule has 20 heavy (non-hydrogen) atoms. The molecule has 1 heterocycles. The summed E-state index contributed by atoms with van der Waals surface area (Å²) in [5.41, 5.74) is 0.484. The largest absolute Gasteiger partial charge is 0.451 e. The van der Waals surface area contributed by atoms with Crippen LogP contribution in [-0.2, 0) is 17.2 Å². The third kappa shape index (κ3) is 4.52. The molecule has 0 spiro atoms. The first kappa shape index (κ1) is 17.0. The van der Waals surface area contributed by atoms with E-state index in [1.807, 2.05) is 27.7 Å². The molecule has 114 valence electrons. The van der Waals surface area contributed by atoms with Crippen LogP contribution in [-0.4, -0.2) is 18.9 Å². The van der Waals surface area contributed by atoms with E-state index in [0.29, 0.717) is 12.0 Å². The van der Waals surface area contributed by atoms with Crippen molar-refractivity contribution in [3.63, 3.8) is 0 Å². The Bertz CT molecular complexity index is 468. The van der Waals surface area contributed by atoms with Crippen molar-refractivity contribution < 1.29 is 17.4 Å². The lowest BCUT2D eigenvalue weighted by Gasteiger charge is -2.23. The van der Waals surface area contributed by atoms with Crippen molar-refractivity contribution in [3.8, 4) is 0 Å². The van der Waals surface area contributed by atoms with E-state index < -0.39 is 27.7 Å². The van der Waals surface area contributed by atoms with Crippen molar-refractivity contribution in [1.82, 2.24) is 14.7 Å². The van der Waals surface area contributed by atoms with Crippen molar-refractivity contribution in [1.29, 1.82) is 0 Å². The zero-order chi connectivity index (χ0) is 15.6. The fraction of sp³-hybridized carbons (Fsp3) is 0.667. The maximum Gasteiger partial charge on any atom is 0.451 e. The van der Waals surface area contributed by atoms with Gasteiger partial charge in [-0.1, -0.05) is 6.92 Å². The molecule has 0 radical (unpaired) electrons. The van der Waals surface area contributed by atoms with Crippen LogP contribution >= 0.6 is 0 Å². The summed E-state index contributed by atoms with van der Waals surface area (Å²) in [6.07, 6.45) is -1.74. The number of aromatic nitrogens is 2. The Morgan fingerprint density at radius 2 is 1.75 bits per heavy atom. The molecule has 1 aromatic heterocycles. The number of rotatable bonds is 4. The molecule has 0 aliphatic rings. The summed E-state index contributed by atoms with van der Waals surface area (Å²) < 4.78 is 51.6. The molecule has 0 saturated carbocycles. The molecule has 0 aliphatic heterocycles. The monoisotopic (exact) mass is 309 g/mol. The molecule has 1 N–H and O–H groups in total. The average molecular weight is 309 g/mol. The van der Waals surface area contributed by atoms with Gasteiger partial charge in [0.15, 0.2) is 0 Å². The highest BCUT2D eigenvalue weighted by Gasteiger charge is 2.34. The van der Waals surface area contributed by atoms with Gasteiger partial charge in [-0.25, -0.2) is 18.9 Å². The van der Waals surface area contributed by atoms with Crippen LogP contribution < -0.4 is 4.72 Å². The topological polar surface area (TPSA) is 54.9 Å². The molecule has 0 aliphatic carbocycles. The highest BCUT2D eigenvalue weighted by molar-refractivity contribution is 7.84. The quantitative estimate of drug-likeness (QED) is 0.930. The highest BCUT2D eigenvalue weighted by atomic mass is 32.2. The molecule has 0 unspecified atom stereocenters. The highest BCUT2D eigenvalue weighted by Crippen LogP contribution is 2.26. The Labute approximate surface area is 118 Å². The lowest BCUT2D eigenvalue weighted by molar-refractivity contribution is -0.145. The maximum absolute atomic E-state index is 12.4. The van der Waals surface area contributed by atoms with E-state index in [4.69, 9.17) is 0 Å². The summed E-state index contributed by atoms with van der Waals surface area (Å²) in [7, 11) is -1.32. The molecular formula is C12H18F3N3OS. The van der Waals surface area contributed by atoms with Crippen molar-refractivity contribution in [2.75, 3.05) is 0 Å². The normalized spacial score (nSPS) is 15.9. The zero-order valence-electron chi connectivity index (χ0n) is 11.8. The lowest BCUT2D eigenvalue weighted by atomic mass is 10.1. The van der Waals surface area contributed by atoms with Crippen LogP contribution in [0.1, 0.15) is 51.5 Å². The van der Waals surface area contributed by atoms with Gasteiger partial charge in [-0.05, 0) is 27.2 Å². The molecule has 0 saturated heterocycles. The van der Waals surface area contributed by atoms with Crippen molar-refractivity contribution in [3.05, 3.63) is 23.8 Å². The van der Waals surface area contributed by atoms with Crippen LogP contribution in [0.5, 0.6) is 0 Å². The van der Waals surface area contributed by atoms with Gasteiger partial charge in [0.2, 0.25) is 5.82 Å². The van der Waals surface area contributed by atoms with Crippen LogP contribution in [0.2, 0.25) is 0 Å². The smallest absolute Gasteiger partial charge is 0.242 e. The third-order valence-electron chi connectivity index (χ3n) is 2.54. The van der Waals surface area contributed by atoms with Gasteiger partial charge in [0, 0.05) is 24.0 Å². The summed E-state index contributed by atoms with van der Waals surface area (Å²) >= 11 is 0. The second-order valence-electron chi connectivity index (χ2n) is 5.30. The molecule has 1 rings (SSSR count). The standard InChI is InChI=1S/C12H18F3N3OS/c1-5-9(18-20(19)11(2,3)4)8-6-16-10(17-7-8)12(13,14)15/h6-7,9,18H,5H2,1-4H3/t9-,20-/m0/s1. The van der Waals surface area contributed by atoms with E-state index in [-0.39, 0.29) is 6.04 Å². The minimum Gasteiger partial charge on any atom is -0.242 e. The average Bonchev–Trinajstić information content (AvgIpc) is 2.33. The number of hydrogen-bond acceptors (Lipinski definition) is 3. The minimum absolute atomic E-state index is 0.350. The first-order valence-corrected chi connectivity index (χ1v) is 7.28. The van der Waals surface area contributed by atoms with E-state index >= 15 is 0 Å². The summed E-state index contributed by atoms with van der Waals surface area (Å²) in [5, 5.41) is 0. The maximum atomic E-state index is 12.4. The van der Waals surface area contributed by atoms with E-state index in [9.17, 15) is 17.4 Å². The molecule has 0 fully saturated rings. The number of alkyl halides is 3. The first-order valence-electron chi connectivity index (χ1n) is 6.13. The van der Waals surface area contributed by atoms with Crippen LogP contribution in [0.4, 0.5) is 13.2 Å². The molecule has 0 amide bonds. The lowest BCUT2D eigenvalue weighted by Crippen LogP contribution is -2.35. The SMILES string of the molecule is CC[C@H](N[S@@](=O)C(C)(C)C)c1cnc(C(F)(F)F)nc1. The van der Waals surface area contributed by atoms with Crippen molar-refractivity contribution >= 4 is 11.0 Å². The van der Waals surface area contributed by atoms with E-state index in [1.165, 1.54) is 0 Å². The predicted octanol–water partition coefficient (Wildman–Crippen LogP) is 3.00. The molecule has 0 bridgehead atoms. The Kier molecular flexibility index (Phi) is 5.26. The minimum atomic E-state index is -4.55. The second kappa shape index (κ2) is 6.17. The van der Waals surface area contributed by atoms with Gasteiger partial charge < -0.3 is 0 Å². The first-order chi connectivity index (χ1) is 9.05. The van der Waals surface area contributed by atoms with Crippen molar-refractivity contribution in [2.24, 2.45) is 0 Å². The number of halogens is 3. The molecule has 0 aromatic carbocycles. The molecular weight excluding hydrogens is 291 g/mol. The number of nitrogens with one attached hydrogen (secondary N) is 1. The van der Waals surface area contributed by atoms with Crippen LogP contribution in [0, 0.1) is 0 Å². The van der Waals surface area contributed by atoms with Crippen LogP contribution in [0.15, 0.2) is 12.4 Å². The second-order valence-corrected chi connectivity index (χ2v) is 7.30. The summed E-state index contributed by atoms with van der Waals surface area (Å²) in [6.45, 7) is 7.28. The molecule has 2 atom stereocenters. The van der Waals surface area contributed by atoms with E-state index in [0.717, 1.165) is 12.4 Å². The van der Waals surface area contributed by atoms with Crippen LogP contribution in [0.3, 0.4) is 0 Å². The molecule has 1 aromatic rings. The third-order valence-corrected chi connectivity index (χ3v) is 4.15. The Balaban J connectivity index is 2.89. The van der Waals surface area contributed by atoms with Crippen LogP contribution in [0.25, 0.3) is 0 Å². The Morgan fingerprint density at radius 3 is 2.10 bits per heavy atom. The van der Waals surface area contributed by atoms with Gasteiger partial charge in [-0.3, -0.25) is 0 Å². The summed E-state index contributed by atoms with van der Waals surface area (Å²) in [6, 6.07) is -0.350. The fourth-order valence-corrected chi connectivity index (χ4v) is 2.27. The van der Waals surface area contributed by atoms with Crippen molar-refractivity contribution in [2.45, 2.75) is 51.1 Å². The number of nitrogens with zero attached hydrogens (tertiary/aromatic N) is 2. The Morgan fingerprint density at radius 1 is 1.25 bits per heavy atom. The fourth-order valence-electron chi connectivity index (χ4n) is 1.36. The summed E-state index contributed by atoms with van der Waals surface area (Å²) in [4.78, 5) is 6.63. The predicted molar refractivity (Wildman–Crippen MR) is 71.1 cm³/mol. The van der Waals surface area contributed by atoms with E-state index in [2.05, 4.69) is 14.7 Å².